The van der Waals surface area contributed by atoms with Gasteiger partial charge >= 0.3 is 0 Å². The fourth-order valence-corrected chi connectivity index (χ4v) is 4.76. The molecule has 0 bridgehead atoms. The highest BCUT2D eigenvalue weighted by Gasteiger charge is 2.24. The highest BCUT2D eigenvalue weighted by molar-refractivity contribution is 7.99. The second-order valence-corrected chi connectivity index (χ2v) is 10.1. The van der Waals surface area contributed by atoms with Crippen LogP contribution in [0.3, 0.4) is 0 Å². The first-order valence-corrected chi connectivity index (χ1v) is 11.8. The van der Waals surface area contributed by atoms with E-state index in [2.05, 4.69) is 60.2 Å². The number of aromatic amines is 1. The summed E-state index contributed by atoms with van der Waals surface area (Å²) >= 11 is 1.29. The van der Waals surface area contributed by atoms with Gasteiger partial charge in [0.25, 0.3) is 5.22 Å². The lowest BCUT2D eigenvalue weighted by molar-refractivity contribution is -0.129. The van der Waals surface area contributed by atoms with Gasteiger partial charge in [0.05, 0.1) is 5.75 Å². The molecule has 0 atom stereocenters. The van der Waals surface area contributed by atoms with Crippen molar-refractivity contribution in [3.8, 4) is 11.5 Å². The lowest BCUT2D eigenvalue weighted by Crippen LogP contribution is -2.36. The molecule has 164 valence electrons. The van der Waals surface area contributed by atoms with E-state index in [4.69, 9.17) is 4.42 Å². The van der Waals surface area contributed by atoms with Gasteiger partial charge < -0.3 is 14.3 Å². The molecule has 1 aliphatic rings. The van der Waals surface area contributed by atoms with Crippen LogP contribution in [0.5, 0.6) is 0 Å². The molecule has 0 saturated heterocycles. The van der Waals surface area contributed by atoms with Crippen molar-refractivity contribution < 1.29 is 9.21 Å². The zero-order valence-electron chi connectivity index (χ0n) is 18.5. The van der Waals surface area contributed by atoms with E-state index in [9.17, 15) is 4.79 Å². The number of hydrogen-bond acceptors (Lipinski definition) is 5. The van der Waals surface area contributed by atoms with Crippen LogP contribution in [-0.2, 0) is 23.2 Å². The van der Waals surface area contributed by atoms with E-state index in [1.807, 2.05) is 29.2 Å². The molecule has 2 aromatic heterocycles. The molecule has 0 unspecified atom stereocenters. The Bertz CT molecular complexity index is 1270. The molecule has 1 amide bonds. The molecule has 2 aromatic carbocycles. The zero-order chi connectivity index (χ0) is 22.3. The van der Waals surface area contributed by atoms with Crippen molar-refractivity contribution in [1.29, 1.82) is 0 Å². The number of fused-ring (bicyclic) bond motifs is 3. The van der Waals surface area contributed by atoms with Crippen LogP contribution in [0.15, 0.2) is 58.2 Å². The van der Waals surface area contributed by atoms with E-state index in [1.165, 1.54) is 34.0 Å². The Kier molecular flexibility index (Phi) is 5.29. The number of nitrogens with zero attached hydrogens (tertiary/aromatic N) is 3. The molecule has 0 aliphatic carbocycles. The van der Waals surface area contributed by atoms with Gasteiger partial charge in [-0.3, -0.25) is 4.79 Å². The molecule has 1 aliphatic heterocycles. The molecule has 7 heteroatoms. The Hall–Kier alpha value is -3.06. The number of carbonyl (C=O) groups is 1. The lowest BCUT2D eigenvalue weighted by atomic mass is 9.87. The van der Waals surface area contributed by atoms with E-state index < -0.39 is 0 Å². The molecule has 5 rings (SSSR count). The van der Waals surface area contributed by atoms with Crippen LogP contribution in [0.2, 0.25) is 0 Å². The maximum Gasteiger partial charge on any atom is 0.277 e. The van der Waals surface area contributed by atoms with Crippen molar-refractivity contribution in [3.63, 3.8) is 0 Å². The Morgan fingerprint density at radius 1 is 1.12 bits per heavy atom. The van der Waals surface area contributed by atoms with Gasteiger partial charge in [-0.2, -0.15) is 0 Å². The number of aromatic nitrogens is 3. The summed E-state index contributed by atoms with van der Waals surface area (Å²) in [6.45, 7) is 7.90. The first kappa shape index (κ1) is 20.8. The summed E-state index contributed by atoms with van der Waals surface area (Å²) in [5, 5.41) is 9.89. The van der Waals surface area contributed by atoms with Crippen molar-refractivity contribution in [2.45, 2.75) is 44.4 Å². The molecule has 0 spiro atoms. The molecule has 0 saturated carbocycles. The van der Waals surface area contributed by atoms with E-state index in [0.29, 0.717) is 24.2 Å². The van der Waals surface area contributed by atoms with Gasteiger partial charge in [0.2, 0.25) is 11.8 Å². The number of thioether (sulfide) groups is 1. The van der Waals surface area contributed by atoms with Gasteiger partial charge in [0, 0.05) is 47.2 Å². The largest absolute Gasteiger partial charge is 0.411 e. The maximum atomic E-state index is 12.9. The second kappa shape index (κ2) is 8.13. The van der Waals surface area contributed by atoms with Crippen LogP contribution in [0.25, 0.3) is 22.4 Å². The van der Waals surface area contributed by atoms with E-state index >= 15 is 0 Å². The van der Waals surface area contributed by atoms with Gasteiger partial charge in [0.15, 0.2) is 0 Å². The predicted octanol–water partition coefficient (Wildman–Crippen LogP) is 5.19. The van der Waals surface area contributed by atoms with Crippen LogP contribution in [-0.4, -0.2) is 38.3 Å². The topological polar surface area (TPSA) is 75.0 Å². The average molecular weight is 447 g/mol. The molecule has 0 radical (unpaired) electrons. The fourth-order valence-electron chi connectivity index (χ4n) is 4.09. The third kappa shape index (κ3) is 4.05. The molecule has 4 aromatic rings. The molecular weight excluding hydrogens is 420 g/mol. The van der Waals surface area contributed by atoms with Crippen molar-refractivity contribution in [1.82, 2.24) is 20.1 Å². The molecule has 3 heterocycles. The number of benzene rings is 2. The maximum absolute atomic E-state index is 12.9. The third-order valence-corrected chi connectivity index (χ3v) is 6.76. The number of carbonyl (C=O) groups excluding carboxylic acids is 1. The van der Waals surface area contributed by atoms with E-state index in [1.54, 1.807) is 0 Å². The van der Waals surface area contributed by atoms with Crippen molar-refractivity contribution in [2.75, 3.05) is 12.3 Å². The third-order valence-electron chi connectivity index (χ3n) is 5.96. The Morgan fingerprint density at radius 3 is 2.69 bits per heavy atom. The van der Waals surface area contributed by atoms with Gasteiger partial charge in [-0.15, -0.1) is 10.2 Å². The first-order valence-electron chi connectivity index (χ1n) is 10.8. The van der Waals surface area contributed by atoms with Gasteiger partial charge in [0.1, 0.15) is 0 Å². The lowest BCUT2D eigenvalue weighted by Gasteiger charge is -2.27. The molecule has 32 heavy (non-hydrogen) atoms. The average Bonchev–Trinajstić information content (AvgIpc) is 3.41. The monoisotopic (exact) mass is 446 g/mol. The Morgan fingerprint density at radius 2 is 1.91 bits per heavy atom. The normalized spacial score (nSPS) is 14.0. The van der Waals surface area contributed by atoms with Crippen LogP contribution in [0.1, 0.15) is 37.6 Å². The minimum Gasteiger partial charge on any atom is -0.411 e. The van der Waals surface area contributed by atoms with Crippen LogP contribution in [0, 0.1) is 0 Å². The molecule has 6 nitrogen and oxygen atoms in total. The highest BCUT2D eigenvalue weighted by atomic mass is 32.2. The van der Waals surface area contributed by atoms with Crippen LogP contribution < -0.4 is 0 Å². The number of amides is 1. The number of rotatable bonds is 4. The predicted molar refractivity (Wildman–Crippen MR) is 127 cm³/mol. The quantitative estimate of drug-likeness (QED) is 0.437. The highest BCUT2D eigenvalue weighted by Crippen LogP contribution is 2.29. The SMILES string of the molecule is CC(C)(C)c1ccc(-c2nnc(SCC(=O)N3CCc4[nH]c5ccccc5c4C3)o2)cc1. The van der Waals surface area contributed by atoms with Gasteiger partial charge in [-0.25, -0.2) is 0 Å². The second-order valence-electron chi connectivity index (χ2n) is 9.18. The standard InChI is InChI=1S/C25H26N4O2S/c1-25(2,3)17-10-8-16(9-11-17)23-27-28-24(31-23)32-15-22(30)29-13-12-21-19(14-29)18-6-4-5-7-20(18)26-21/h4-11,26H,12-15H2,1-3H3. The van der Waals surface area contributed by atoms with E-state index in [0.717, 1.165) is 17.5 Å². The number of nitrogens with one attached hydrogen (secondary N) is 1. The zero-order valence-corrected chi connectivity index (χ0v) is 19.3. The Labute approximate surface area is 191 Å². The summed E-state index contributed by atoms with van der Waals surface area (Å²) in [5.74, 6) is 0.837. The molecular formula is C25H26N4O2S. The number of para-hydroxylation sites is 1. The summed E-state index contributed by atoms with van der Waals surface area (Å²) in [6.07, 6.45) is 0.843. The minimum absolute atomic E-state index is 0.0835. The Balaban J connectivity index is 1.22. The van der Waals surface area contributed by atoms with Crippen molar-refractivity contribution in [3.05, 3.63) is 65.4 Å². The summed E-state index contributed by atoms with van der Waals surface area (Å²) in [4.78, 5) is 18.3. The molecule has 0 fully saturated rings. The summed E-state index contributed by atoms with van der Waals surface area (Å²) in [6, 6.07) is 16.4. The van der Waals surface area contributed by atoms with Crippen molar-refractivity contribution >= 4 is 28.6 Å². The van der Waals surface area contributed by atoms with E-state index in [-0.39, 0.29) is 17.1 Å². The summed E-state index contributed by atoms with van der Waals surface area (Å²) < 4.78 is 5.80. The number of hydrogen-bond donors (Lipinski definition) is 1. The minimum atomic E-state index is 0.0835. The van der Waals surface area contributed by atoms with Gasteiger partial charge in [-0.1, -0.05) is 62.9 Å². The summed E-state index contributed by atoms with van der Waals surface area (Å²) in [5.41, 5.74) is 5.82. The van der Waals surface area contributed by atoms with Crippen LogP contribution >= 0.6 is 11.8 Å². The smallest absolute Gasteiger partial charge is 0.277 e. The van der Waals surface area contributed by atoms with Crippen LogP contribution in [0.4, 0.5) is 0 Å². The first-order chi connectivity index (χ1) is 15.4. The fraction of sp³-hybridized carbons (Fsp3) is 0.320. The molecule has 1 N–H and O–H groups in total. The van der Waals surface area contributed by atoms with Gasteiger partial charge in [-0.05, 0) is 29.2 Å². The number of H-pyrrole nitrogens is 1. The summed E-state index contributed by atoms with van der Waals surface area (Å²) in [7, 11) is 0. The van der Waals surface area contributed by atoms with Crippen molar-refractivity contribution in [2.24, 2.45) is 0 Å².